The van der Waals surface area contributed by atoms with Crippen LogP contribution in [-0.4, -0.2) is 15.8 Å². The topological polar surface area (TPSA) is 42.9 Å². The minimum Gasteiger partial charge on any atom is -0.294 e. The van der Waals surface area contributed by atoms with E-state index >= 15 is 0 Å². The second kappa shape index (κ2) is 4.92. The first-order valence-corrected chi connectivity index (χ1v) is 6.66. The molecule has 2 aromatic rings. The summed E-state index contributed by atoms with van der Waals surface area (Å²) in [5.41, 5.74) is 4.10. The third-order valence-corrected chi connectivity index (χ3v) is 3.48. The highest BCUT2D eigenvalue weighted by Crippen LogP contribution is 2.19. The maximum absolute atomic E-state index is 11.7. The van der Waals surface area contributed by atoms with Crippen LogP contribution in [0.3, 0.4) is 0 Å². The predicted molar refractivity (Wildman–Crippen MR) is 73.3 cm³/mol. The van der Waals surface area contributed by atoms with Gasteiger partial charge < -0.3 is 0 Å². The first-order valence-electron chi connectivity index (χ1n) is 6.66. The van der Waals surface area contributed by atoms with E-state index < -0.39 is 0 Å². The van der Waals surface area contributed by atoms with Gasteiger partial charge in [0.25, 0.3) is 0 Å². The molecule has 0 saturated heterocycles. The quantitative estimate of drug-likeness (QED) is 0.825. The number of hydrogen-bond donors (Lipinski definition) is 0. The number of Topliss-reactive ketones (excluding diaryl/α,β-unsaturated/α-hetero) is 1. The van der Waals surface area contributed by atoms with Gasteiger partial charge in [0.1, 0.15) is 5.82 Å². The SMILES string of the molecule is Cc1cccc(Cc2ncc3c(n2)CCCC3=O)c1. The van der Waals surface area contributed by atoms with Crippen molar-refractivity contribution in [3.05, 3.63) is 58.7 Å². The maximum Gasteiger partial charge on any atom is 0.166 e. The number of carbonyl (C=O) groups excluding carboxylic acids is 1. The van der Waals surface area contributed by atoms with Crippen molar-refractivity contribution >= 4 is 5.78 Å². The van der Waals surface area contributed by atoms with Crippen LogP contribution in [0.1, 0.15) is 45.8 Å². The molecule has 0 spiro atoms. The van der Waals surface area contributed by atoms with Crippen LogP contribution in [0.4, 0.5) is 0 Å². The van der Waals surface area contributed by atoms with Crippen molar-refractivity contribution in [1.82, 2.24) is 9.97 Å². The number of fused-ring (bicyclic) bond motifs is 1. The molecule has 19 heavy (non-hydrogen) atoms. The van der Waals surface area contributed by atoms with E-state index in [2.05, 4.69) is 35.1 Å². The number of nitrogens with zero attached hydrogens (tertiary/aromatic N) is 2. The summed E-state index contributed by atoms with van der Waals surface area (Å²) in [6.45, 7) is 2.08. The van der Waals surface area contributed by atoms with Crippen LogP contribution in [0.25, 0.3) is 0 Å². The van der Waals surface area contributed by atoms with Crippen LogP contribution < -0.4 is 0 Å². The van der Waals surface area contributed by atoms with Crippen molar-refractivity contribution in [3.8, 4) is 0 Å². The van der Waals surface area contributed by atoms with Crippen molar-refractivity contribution in [2.45, 2.75) is 32.6 Å². The summed E-state index contributed by atoms with van der Waals surface area (Å²) >= 11 is 0. The smallest absolute Gasteiger partial charge is 0.166 e. The van der Waals surface area contributed by atoms with Crippen LogP contribution in [0.15, 0.2) is 30.5 Å². The van der Waals surface area contributed by atoms with E-state index in [4.69, 9.17) is 0 Å². The lowest BCUT2D eigenvalue weighted by atomic mass is 9.96. The molecule has 1 heterocycles. The molecule has 3 nitrogen and oxygen atoms in total. The normalized spacial score (nSPS) is 14.3. The zero-order valence-electron chi connectivity index (χ0n) is 11.0. The molecule has 1 aromatic carbocycles. The minimum atomic E-state index is 0.184. The van der Waals surface area contributed by atoms with Crippen LogP contribution in [0.2, 0.25) is 0 Å². The van der Waals surface area contributed by atoms with Crippen LogP contribution in [-0.2, 0) is 12.8 Å². The van der Waals surface area contributed by atoms with E-state index in [9.17, 15) is 4.79 Å². The molecule has 0 saturated carbocycles. The highest BCUT2D eigenvalue weighted by Gasteiger charge is 2.19. The minimum absolute atomic E-state index is 0.184. The van der Waals surface area contributed by atoms with E-state index in [1.807, 2.05) is 6.07 Å². The maximum atomic E-state index is 11.7. The van der Waals surface area contributed by atoms with Gasteiger partial charge in [0.05, 0.1) is 11.3 Å². The van der Waals surface area contributed by atoms with Gasteiger partial charge >= 0.3 is 0 Å². The Hall–Kier alpha value is -2.03. The fourth-order valence-electron chi connectivity index (χ4n) is 2.52. The summed E-state index contributed by atoms with van der Waals surface area (Å²) < 4.78 is 0. The zero-order valence-corrected chi connectivity index (χ0v) is 11.0. The zero-order chi connectivity index (χ0) is 13.2. The molecule has 1 aliphatic rings. The number of aryl methyl sites for hydroxylation is 2. The Morgan fingerprint density at radius 2 is 2.16 bits per heavy atom. The fraction of sp³-hybridized carbons (Fsp3) is 0.312. The Balaban J connectivity index is 1.88. The van der Waals surface area contributed by atoms with Crippen LogP contribution >= 0.6 is 0 Å². The van der Waals surface area contributed by atoms with Gasteiger partial charge in [0, 0.05) is 19.0 Å². The number of benzene rings is 1. The number of rotatable bonds is 2. The van der Waals surface area contributed by atoms with Gasteiger partial charge in [-0.3, -0.25) is 4.79 Å². The monoisotopic (exact) mass is 252 g/mol. The van der Waals surface area contributed by atoms with Crippen LogP contribution in [0, 0.1) is 6.92 Å². The van der Waals surface area contributed by atoms with E-state index in [0.29, 0.717) is 6.42 Å². The van der Waals surface area contributed by atoms with Gasteiger partial charge in [0.15, 0.2) is 5.78 Å². The summed E-state index contributed by atoms with van der Waals surface area (Å²) in [7, 11) is 0. The van der Waals surface area contributed by atoms with Gasteiger partial charge in [-0.05, 0) is 25.3 Å². The average molecular weight is 252 g/mol. The molecule has 3 rings (SSSR count). The third kappa shape index (κ3) is 2.55. The van der Waals surface area contributed by atoms with Gasteiger partial charge in [-0.1, -0.05) is 29.8 Å². The molecule has 0 radical (unpaired) electrons. The molecular formula is C16H16N2O. The molecule has 1 aromatic heterocycles. The molecule has 0 aliphatic heterocycles. The molecule has 0 unspecified atom stereocenters. The lowest BCUT2D eigenvalue weighted by molar-refractivity contribution is 0.0971. The summed E-state index contributed by atoms with van der Waals surface area (Å²) in [5.74, 6) is 0.988. The summed E-state index contributed by atoms with van der Waals surface area (Å²) in [5, 5.41) is 0. The van der Waals surface area contributed by atoms with Crippen molar-refractivity contribution in [2.75, 3.05) is 0 Å². The molecule has 1 aliphatic carbocycles. The van der Waals surface area contributed by atoms with Gasteiger partial charge in [-0.25, -0.2) is 9.97 Å². The summed E-state index contributed by atoms with van der Waals surface area (Å²) in [6, 6.07) is 8.36. The number of aromatic nitrogens is 2. The molecule has 96 valence electrons. The second-order valence-electron chi connectivity index (χ2n) is 5.09. The van der Waals surface area contributed by atoms with E-state index in [1.165, 1.54) is 11.1 Å². The largest absolute Gasteiger partial charge is 0.294 e. The van der Waals surface area contributed by atoms with Crippen molar-refractivity contribution in [1.29, 1.82) is 0 Å². The number of hydrogen-bond acceptors (Lipinski definition) is 3. The highest BCUT2D eigenvalue weighted by molar-refractivity contribution is 5.97. The first-order chi connectivity index (χ1) is 9.22. The lowest BCUT2D eigenvalue weighted by Crippen LogP contribution is -2.15. The summed E-state index contributed by atoms with van der Waals surface area (Å²) in [6.07, 6.45) is 4.86. The molecule has 0 bridgehead atoms. The average Bonchev–Trinajstić information content (AvgIpc) is 2.39. The Morgan fingerprint density at radius 3 is 3.00 bits per heavy atom. The van der Waals surface area contributed by atoms with E-state index in [-0.39, 0.29) is 5.78 Å². The van der Waals surface area contributed by atoms with Gasteiger partial charge in [-0.15, -0.1) is 0 Å². The Morgan fingerprint density at radius 1 is 1.26 bits per heavy atom. The lowest BCUT2D eigenvalue weighted by Gasteiger charge is -2.13. The fourth-order valence-corrected chi connectivity index (χ4v) is 2.52. The van der Waals surface area contributed by atoms with Crippen molar-refractivity contribution in [2.24, 2.45) is 0 Å². The van der Waals surface area contributed by atoms with Crippen LogP contribution in [0.5, 0.6) is 0 Å². The molecule has 0 amide bonds. The molecule has 0 fully saturated rings. The Labute approximate surface area is 112 Å². The number of carbonyl (C=O) groups is 1. The van der Waals surface area contributed by atoms with E-state index in [0.717, 1.165) is 36.3 Å². The highest BCUT2D eigenvalue weighted by atomic mass is 16.1. The molecule has 0 N–H and O–H groups in total. The van der Waals surface area contributed by atoms with Crippen molar-refractivity contribution < 1.29 is 4.79 Å². The predicted octanol–water partition coefficient (Wildman–Crippen LogP) is 2.89. The van der Waals surface area contributed by atoms with Gasteiger partial charge in [-0.2, -0.15) is 0 Å². The Bertz CT molecular complexity index is 634. The second-order valence-corrected chi connectivity index (χ2v) is 5.09. The Kier molecular flexibility index (Phi) is 3.11. The van der Waals surface area contributed by atoms with Crippen molar-refractivity contribution in [3.63, 3.8) is 0 Å². The standard InChI is InChI=1S/C16H16N2O/c1-11-4-2-5-12(8-11)9-16-17-10-13-14(18-16)6-3-7-15(13)19/h2,4-5,8,10H,3,6-7,9H2,1H3. The molecule has 3 heteroatoms. The van der Waals surface area contributed by atoms with Gasteiger partial charge in [0.2, 0.25) is 0 Å². The number of ketones is 1. The first kappa shape index (κ1) is 12.0. The third-order valence-electron chi connectivity index (χ3n) is 3.48. The summed E-state index contributed by atoms with van der Waals surface area (Å²) in [4.78, 5) is 20.6. The molecule has 0 atom stereocenters. The molecular weight excluding hydrogens is 236 g/mol. The van der Waals surface area contributed by atoms with E-state index in [1.54, 1.807) is 6.20 Å².